The van der Waals surface area contributed by atoms with Gasteiger partial charge in [0.2, 0.25) is 0 Å². The van der Waals surface area contributed by atoms with E-state index in [1.54, 1.807) is 42.5 Å². The van der Waals surface area contributed by atoms with Crippen LogP contribution in [0, 0.1) is 5.82 Å². The SMILES string of the molecule is O=C(NCc1ccc(F)cc1)c1ccc2c(c1)N(Cc1ccc(C(F)(F)F)cc1)C(=O)c1ccccc1S2. The Morgan fingerprint density at radius 3 is 2.24 bits per heavy atom. The Kier molecular flexibility index (Phi) is 6.94. The average Bonchev–Trinajstić information content (AvgIpc) is 3.02. The molecule has 9 heteroatoms. The molecular formula is C29H20F4N2O2S. The number of carbonyl (C=O) groups excluding carboxylic acids is 2. The lowest BCUT2D eigenvalue weighted by Gasteiger charge is -2.24. The van der Waals surface area contributed by atoms with Crippen LogP contribution < -0.4 is 10.2 Å². The van der Waals surface area contributed by atoms with Crippen molar-refractivity contribution in [2.45, 2.75) is 29.1 Å². The fourth-order valence-electron chi connectivity index (χ4n) is 4.09. The van der Waals surface area contributed by atoms with Gasteiger partial charge in [-0.1, -0.05) is 48.2 Å². The molecule has 38 heavy (non-hydrogen) atoms. The van der Waals surface area contributed by atoms with E-state index in [9.17, 15) is 27.2 Å². The summed E-state index contributed by atoms with van der Waals surface area (Å²) in [6.07, 6.45) is -4.46. The fraction of sp³-hybridized carbons (Fsp3) is 0.103. The fourth-order valence-corrected chi connectivity index (χ4v) is 5.15. The van der Waals surface area contributed by atoms with Gasteiger partial charge in [0.1, 0.15) is 5.82 Å². The van der Waals surface area contributed by atoms with Gasteiger partial charge >= 0.3 is 6.18 Å². The maximum Gasteiger partial charge on any atom is 0.416 e. The minimum absolute atomic E-state index is 0.0134. The lowest BCUT2D eigenvalue weighted by atomic mass is 10.1. The van der Waals surface area contributed by atoms with Gasteiger partial charge in [-0.2, -0.15) is 13.2 Å². The van der Waals surface area contributed by atoms with Gasteiger partial charge in [0.25, 0.3) is 11.8 Å². The van der Waals surface area contributed by atoms with Gasteiger partial charge in [-0.25, -0.2) is 4.39 Å². The molecule has 0 aliphatic carbocycles. The van der Waals surface area contributed by atoms with Crippen LogP contribution in [0.25, 0.3) is 0 Å². The largest absolute Gasteiger partial charge is 0.416 e. The number of alkyl halides is 3. The van der Waals surface area contributed by atoms with E-state index in [-0.39, 0.29) is 30.7 Å². The van der Waals surface area contributed by atoms with E-state index in [1.165, 1.54) is 40.9 Å². The number of fused-ring (bicyclic) bond motifs is 2. The van der Waals surface area contributed by atoms with Crippen LogP contribution in [0.5, 0.6) is 0 Å². The molecule has 0 spiro atoms. The molecule has 0 atom stereocenters. The Labute approximate surface area is 220 Å². The highest BCUT2D eigenvalue weighted by molar-refractivity contribution is 7.99. The molecule has 4 aromatic rings. The van der Waals surface area contributed by atoms with Crippen molar-refractivity contribution in [1.82, 2.24) is 5.32 Å². The van der Waals surface area contributed by atoms with Gasteiger partial charge < -0.3 is 10.2 Å². The van der Waals surface area contributed by atoms with Gasteiger partial charge in [0, 0.05) is 21.9 Å². The quantitative estimate of drug-likeness (QED) is 0.277. The number of carbonyl (C=O) groups is 2. The number of halogens is 4. The number of benzene rings is 4. The van der Waals surface area contributed by atoms with Crippen molar-refractivity contribution in [3.63, 3.8) is 0 Å². The lowest BCUT2D eigenvalue weighted by molar-refractivity contribution is -0.137. The van der Waals surface area contributed by atoms with Gasteiger partial charge in [0.15, 0.2) is 0 Å². The van der Waals surface area contributed by atoms with Gasteiger partial charge in [-0.15, -0.1) is 0 Å². The van der Waals surface area contributed by atoms with Crippen LogP contribution in [-0.4, -0.2) is 11.8 Å². The summed E-state index contributed by atoms with van der Waals surface area (Å²) >= 11 is 1.38. The smallest absolute Gasteiger partial charge is 0.348 e. The van der Waals surface area contributed by atoms with E-state index in [2.05, 4.69) is 5.32 Å². The predicted octanol–water partition coefficient (Wildman–Crippen LogP) is 7.09. The summed E-state index contributed by atoms with van der Waals surface area (Å²) in [7, 11) is 0. The summed E-state index contributed by atoms with van der Waals surface area (Å²) in [6, 6.07) is 22.5. The van der Waals surface area contributed by atoms with Crippen molar-refractivity contribution in [2.75, 3.05) is 4.90 Å². The number of rotatable bonds is 5. The topological polar surface area (TPSA) is 49.4 Å². The van der Waals surface area contributed by atoms with Crippen molar-refractivity contribution in [2.24, 2.45) is 0 Å². The first-order valence-corrected chi connectivity index (χ1v) is 12.4. The number of amides is 2. The van der Waals surface area contributed by atoms with Crippen LogP contribution in [0.2, 0.25) is 0 Å². The standard InChI is InChI=1S/C29H20F4N2O2S/c30-22-12-7-18(8-13-22)16-34-27(36)20-9-14-26-24(15-20)35(28(37)23-3-1-2-4-25(23)38-26)17-19-5-10-21(11-6-19)29(31,32)33/h1-15H,16-17H2,(H,34,36). The van der Waals surface area contributed by atoms with Crippen molar-refractivity contribution in [1.29, 1.82) is 0 Å². The molecule has 5 rings (SSSR count). The second-order valence-electron chi connectivity index (χ2n) is 8.68. The summed E-state index contributed by atoms with van der Waals surface area (Å²) in [6.45, 7) is 0.199. The summed E-state index contributed by atoms with van der Waals surface area (Å²) in [5, 5.41) is 2.79. The Morgan fingerprint density at radius 1 is 0.842 bits per heavy atom. The highest BCUT2D eigenvalue weighted by atomic mass is 32.2. The first kappa shape index (κ1) is 25.5. The summed E-state index contributed by atoms with van der Waals surface area (Å²) in [5.74, 6) is -1.08. The van der Waals surface area contributed by atoms with E-state index < -0.39 is 11.7 Å². The highest BCUT2D eigenvalue weighted by Gasteiger charge is 2.31. The third-order valence-electron chi connectivity index (χ3n) is 6.08. The molecule has 0 radical (unpaired) electrons. The maximum atomic E-state index is 13.7. The first-order valence-electron chi connectivity index (χ1n) is 11.6. The molecule has 0 aromatic heterocycles. The number of anilines is 1. The van der Waals surface area contributed by atoms with Crippen LogP contribution >= 0.6 is 11.8 Å². The van der Waals surface area contributed by atoms with Gasteiger partial charge in [-0.05, 0) is 65.7 Å². The second kappa shape index (κ2) is 10.3. The first-order chi connectivity index (χ1) is 18.2. The molecule has 1 heterocycles. The normalized spacial score (nSPS) is 12.9. The molecule has 1 aliphatic heterocycles. The minimum atomic E-state index is -4.46. The van der Waals surface area contributed by atoms with Gasteiger partial charge in [0.05, 0.1) is 23.4 Å². The second-order valence-corrected chi connectivity index (χ2v) is 9.76. The Hall–Kier alpha value is -4.11. The summed E-state index contributed by atoms with van der Waals surface area (Å²) < 4.78 is 52.3. The third-order valence-corrected chi connectivity index (χ3v) is 7.22. The summed E-state index contributed by atoms with van der Waals surface area (Å²) in [4.78, 5) is 29.5. The molecule has 0 unspecified atom stereocenters. The molecule has 0 fully saturated rings. The Balaban J connectivity index is 1.47. The van der Waals surface area contributed by atoms with E-state index in [1.807, 2.05) is 12.1 Å². The zero-order valence-electron chi connectivity index (χ0n) is 19.8. The van der Waals surface area contributed by atoms with E-state index >= 15 is 0 Å². The van der Waals surface area contributed by atoms with Crippen molar-refractivity contribution in [3.05, 3.63) is 125 Å². The number of hydrogen-bond acceptors (Lipinski definition) is 3. The van der Waals surface area contributed by atoms with Crippen LogP contribution in [0.4, 0.5) is 23.2 Å². The minimum Gasteiger partial charge on any atom is -0.348 e. The van der Waals surface area contributed by atoms with Crippen LogP contribution in [0.1, 0.15) is 37.4 Å². The van der Waals surface area contributed by atoms with Crippen molar-refractivity contribution in [3.8, 4) is 0 Å². The van der Waals surface area contributed by atoms with E-state index in [0.29, 0.717) is 22.4 Å². The number of hydrogen-bond donors (Lipinski definition) is 1. The van der Waals surface area contributed by atoms with E-state index in [4.69, 9.17) is 0 Å². The molecule has 192 valence electrons. The molecule has 1 aliphatic rings. The molecule has 4 aromatic carbocycles. The molecule has 4 nitrogen and oxygen atoms in total. The average molecular weight is 537 g/mol. The number of nitrogens with one attached hydrogen (secondary N) is 1. The maximum absolute atomic E-state index is 13.7. The summed E-state index contributed by atoms with van der Waals surface area (Å²) in [5.41, 5.74) is 1.70. The Morgan fingerprint density at radius 2 is 1.53 bits per heavy atom. The van der Waals surface area contributed by atoms with Crippen LogP contribution in [0.3, 0.4) is 0 Å². The monoisotopic (exact) mass is 536 g/mol. The molecule has 2 amide bonds. The lowest BCUT2D eigenvalue weighted by Crippen LogP contribution is -2.31. The highest BCUT2D eigenvalue weighted by Crippen LogP contribution is 2.42. The zero-order valence-corrected chi connectivity index (χ0v) is 20.6. The van der Waals surface area contributed by atoms with Crippen LogP contribution in [0.15, 0.2) is 101 Å². The van der Waals surface area contributed by atoms with Gasteiger partial charge in [-0.3, -0.25) is 9.59 Å². The molecule has 1 N–H and O–H groups in total. The van der Waals surface area contributed by atoms with E-state index in [0.717, 1.165) is 27.5 Å². The van der Waals surface area contributed by atoms with Crippen molar-refractivity contribution < 1.29 is 27.2 Å². The Bertz CT molecular complexity index is 1500. The molecule has 0 saturated heterocycles. The molecule has 0 saturated carbocycles. The third kappa shape index (κ3) is 5.43. The zero-order chi connectivity index (χ0) is 26.9. The van der Waals surface area contributed by atoms with Crippen molar-refractivity contribution >= 4 is 29.3 Å². The molecule has 0 bridgehead atoms. The predicted molar refractivity (Wildman–Crippen MR) is 137 cm³/mol. The molecular weight excluding hydrogens is 516 g/mol. The number of nitrogens with zero attached hydrogens (tertiary/aromatic N) is 1. The van der Waals surface area contributed by atoms with Crippen LogP contribution in [-0.2, 0) is 19.3 Å².